The number of benzene rings is 2. The van der Waals surface area contributed by atoms with Crippen LogP contribution in [-0.2, 0) is 14.3 Å². The van der Waals surface area contributed by atoms with Crippen LogP contribution in [0, 0.1) is 18.3 Å². The van der Waals surface area contributed by atoms with Crippen LogP contribution in [0.2, 0.25) is 0 Å². The molecule has 0 atom stereocenters. The lowest BCUT2D eigenvalue weighted by Gasteiger charge is -2.27. The lowest BCUT2D eigenvalue weighted by atomic mass is 9.93. The van der Waals surface area contributed by atoms with Crippen molar-refractivity contribution in [1.29, 1.82) is 5.26 Å². The third-order valence-corrected chi connectivity index (χ3v) is 6.43. The molecule has 3 aromatic rings. The van der Waals surface area contributed by atoms with Crippen LogP contribution in [0.5, 0.6) is 5.75 Å². The molecule has 0 radical (unpaired) electrons. The predicted octanol–water partition coefficient (Wildman–Crippen LogP) is 4.88. The van der Waals surface area contributed by atoms with Gasteiger partial charge in [0.15, 0.2) is 0 Å². The van der Waals surface area contributed by atoms with Gasteiger partial charge in [-0.05, 0) is 74.7 Å². The van der Waals surface area contributed by atoms with Gasteiger partial charge in [-0.2, -0.15) is 10.4 Å². The average molecular weight is 511 g/mol. The van der Waals surface area contributed by atoms with E-state index in [4.69, 9.17) is 14.6 Å². The quantitative estimate of drug-likeness (QED) is 0.231. The summed E-state index contributed by atoms with van der Waals surface area (Å²) in [6.07, 6.45) is 4.05. The zero-order valence-electron chi connectivity index (χ0n) is 22.0. The van der Waals surface area contributed by atoms with Crippen molar-refractivity contribution < 1.29 is 19.1 Å². The second-order valence-corrected chi connectivity index (χ2v) is 8.88. The molecule has 194 valence electrons. The molecule has 0 N–H and O–H groups in total. The van der Waals surface area contributed by atoms with Gasteiger partial charge in [0.2, 0.25) is 0 Å². The number of hydrogen-bond acceptors (Lipinski definition) is 6. The number of hydrogen-bond donors (Lipinski definition) is 0. The van der Waals surface area contributed by atoms with Gasteiger partial charge in [0.1, 0.15) is 17.4 Å². The van der Waals surface area contributed by atoms with Gasteiger partial charge in [-0.1, -0.05) is 18.2 Å². The van der Waals surface area contributed by atoms with Crippen LogP contribution in [0.3, 0.4) is 0 Å². The van der Waals surface area contributed by atoms with Gasteiger partial charge in [-0.15, -0.1) is 0 Å². The number of carbonyl (C=O) groups is 2. The monoisotopic (exact) mass is 510 g/mol. The number of imide groups is 1. The number of ether oxygens (including phenoxy) is 2. The Balaban J connectivity index is 1.84. The van der Waals surface area contributed by atoms with Crippen molar-refractivity contribution in [3.05, 3.63) is 82.6 Å². The first kappa shape index (κ1) is 26.6. The maximum Gasteiger partial charge on any atom is 0.271 e. The summed E-state index contributed by atoms with van der Waals surface area (Å²) in [4.78, 5) is 27.6. The molecule has 38 heavy (non-hydrogen) atoms. The number of rotatable bonds is 9. The second kappa shape index (κ2) is 11.7. The van der Waals surface area contributed by atoms with E-state index in [2.05, 4.69) is 0 Å². The number of nitriles is 1. The summed E-state index contributed by atoms with van der Waals surface area (Å²) in [6, 6.07) is 17.4. The molecule has 2 heterocycles. The van der Waals surface area contributed by atoms with E-state index >= 15 is 0 Å². The molecule has 1 aromatic heterocycles. The molecule has 8 heteroatoms. The third kappa shape index (κ3) is 5.29. The topological polar surface area (TPSA) is 97.5 Å². The number of para-hydroxylation sites is 1. The van der Waals surface area contributed by atoms with Gasteiger partial charge in [0.25, 0.3) is 11.8 Å². The van der Waals surface area contributed by atoms with Crippen LogP contribution in [-0.4, -0.2) is 53.4 Å². The van der Waals surface area contributed by atoms with E-state index < -0.39 is 11.8 Å². The van der Waals surface area contributed by atoms with E-state index in [1.165, 1.54) is 0 Å². The Bertz CT molecular complexity index is 1460. The van der Waals surface area contributed by atoms with Gasteiger partial charge in [0, 0.05) is 42.7 Å². The summed E-state index contributed by atoms with van der Waals surface area (Å²) >= 11 is 0. The highest BCUT2D eigenvalue weighted by atomic mass is 16.5. The molecule has 0 saturated heterocycles. The largest absolute Gasteiger partial charge is 0.496 e. The number of amides is 2. The predicted molar refractivity (Wildman–Crippen MR) is 144 cm³/mol. The molecule has 0 unspecified atom stereocenters. The average Bonchev–Trinajstić information content (AvgIpc) is 3.35. The van der Waals surface area contributed by atoms with Crippen molar-refractivity contribution in [2.45, 2.75) is 27.2 Å². The Morgan fingerprint density at radius 3 is 2.50 bits per heavy atom. The Morgan fingerprint density at radius 1 is 1.08 bits per heavy atom. The minimum atomic E-state index is -0.574. The number of aromatic nitrogens is 2. The highest BCUT2D eigenvalue weighted by molar-refractivity contribution is 6.19. The number of aryl methyl sites for hydroxylation is 1. The van der Waals surface area contributed by atoms with Crippen LogP contribution in [0.1, 0.15) is 31.4 Å². The Kier molecular flexibility index (Phi) is 8.19. The smallest absolute Gasteiger partial charge is 0.271 e. The molecular weight excluding hydrogens is 480 g/mol. The van der Waals surface area contributed by atoms with E-state index in [1.54, 1.807) is 24.8 Å². The minimum absolute atomic E-state index is 0.0375. The highest BCUT2D eigenvalue weighted by Crippen LogP contribution is 2.32. The number of nitrogens with zero attached hydrogens (tertiary/aromatic N) is 4. The highest BCUT2D eigenvalue weighted by Gasteiger charge is 2.35. The zero-order chi connectivity index (χ0) is 27.2. The molecule has 0 fully saturated rings. The first-order valence-electron chi connectivity index (χ1n) is 12.5. The molecule has 8 nitrogen and oxygen atoms in total. The van der Waals surface area contributed by atoms with Crippen molar-refractivity contribution in [2.75, 3.05) is 26.9 Å². The van der Waals surface area contributed by atoms with Gasteiger partial charge < -0.3 is 9.47 Å². The van der Waals surface area contributed by atoms with Crippen molar-refractivity contribution >= 4 is 17.9 Å². The SMILES string of the molecule is CCOCCCN1C(=O)C(C#N)=C(C)/C(=C\c2cn(-c3ccccc3)nc2-c2ccc(OC)c(C)c2)C1=O. The first-order chi connectivity index (χ1) is 18.4. The minimum Gasteiger partial charge on any atom is -0.496 e. The van der Waals surface area contributed by atoms with Gasteiger partial charge in [-0.3, -0.25) is 14.5 Å². The molecular formula is C30H30N4O4. The van der Waals surface area contributed by atoms with Crippen molar-refractivity contribution in [3.8, 4) is 28.8 Å². The maximum atomic E-state index is 13.5. The maximum absolute atomic E-state index is 13.5. The summed E-state index contributed by atoms with van der Waals surface area (Å²) in [5.74, 6) is -0.251. The molecule has 2 amide bonds. The molecule has 1 aliphatic heterocycles. The van der Waals surface area contributed by atoms with Crippen LogP contribution >= 0.6 is 0 Å². The lowest BCUT2D eigenvalue weighted by molar-refractivity contribution is -0.140. The molecule has 0 saturated carbocycles. The fraction of sp³-hybridized carbons (Fsp3) is 0.267. The van der Waals surface area contributed by atoms with Crippen LogP contribution < -0.4 is 4.74 Å². The summed E-state index contributed by atoms with van der Waals surface area (Å²) in [7, 11) is 1.62. The second-order valence-electron chi connectivity index (χ2n) is 8.88. The summed E-state index contributed by atoms with van der Waals surface area (Å²) < 4.78 is 12.5. The third-order valence-electron chi connectivity index (χ3n) is 6.43. The van der Waals surface area contributed by atoms with Gasteiger partial charge >= 0.3 is 0 Å². The van der Waals surface area contributed by atoms with Crippen molar-refractivity contribution in [1.82, 2.24) is 14.7 Å². The Labute approximate surface area is 222 Å². The van der Waals surface area contributed by atoms with E-state index in [-0.39, 0.29) is 17.7 Å². The van der Waals surface area contributed by atoms with E-state index in [1.807, 2.05) is 74.6 Å². The lowest BCUT2D eigenvalue weighted by Crippen LogP contribution is -2.43. The summed E-state index contributed by atoms with van der Waals surface area (Å²) in [6.45, 7) is 6.61. The molecule has 1 aliphatic rings. The zero-order valence-corrected chi connectivity index (χ0v) is 22.0. The van der Waals surface area contributed by atoms with Crippen LogP contribution in [0.4, 0.5) is 0 Å². The molecule has 4 rings (SSSR count). The van der Waals surface area contributed by atoms with E-state index in [9.17, 15) is 14.9 Å². The van der Waals surface area contributed by atoms with E-state index in [0.29, 0.717) is 36.5 Å². The summed E-state index contributed by atoms with van der Waals surface area (Å²) in [5, 5.41) is 14.6. The van der Waals surface area contributed by atoms with E-state index in [0.717, 1.165) is 27.5 Å². The number of methoxy groups -OCH3 is 1. The Morgan fingerprint density at radius 2 is 1.84 bits per heavy atom. The normalized spacial score (nSPS) is 14.8. The van der Waals surface area contributed by atoms with Gasteiger partial charge in [0.05, 0.1) is 18.5 Å². The van der Waals surface area contributed by atoms with Crippen molar-refractivity contribution in [3.63, 3.8) is 0 Å². The number of carbonyl (C=O) groups excluding carboxylic acids is 2. The molecule has 0 spiro atoms. The molecule has 0 bridgehead atoms. The van der Waals surface area contributed by atoms with Crippen LogP contribution in [0.15, 0.2) is 71.4 Å². The van der Waals surface area contributed by atoms with Crippen LogP contribution in [0.25, 0.3) is 23.0 Å². The fourth-order valence-electron chi connectivity index (χ4n) is 4.41. The van der Waals surface area contributed by atoms with Crippen molar-refractivity contribution in [2.24, 2.45) is 0 Å². The van der Waals surface area contributed by atoms with Gasteiger partial charge in [-0.25, -0.2) is 4.68 Å². The summed E-state index contributed by atoms with van der Waals surface area (Å²) in [5.41, 5.74) is 4.60. The molecule has 0 aliphatic carbocycles. The molecule has 2 aromatic carbocycles. The standard InChI is InChI=1S/C30H30N4O4/c1-5-38-15-9-14-33-29(35)25(21(3)26(18-31)30(33)36)17-23-19-34(24-10-7-6-8-11-24)32-28(23)22-12-13-27(37-4)20(2)16-22/h6-8,10-13,16-17,19H,5,9,14-15H2,1-4H3/b25-17+. The first-order valence-corrected chi connectivity index (χ1v) is 12.5. The fourth-order valence-corrected chi connectivity index (χ4v) is 4.41. The Hall–Kier alpha value is -4.48.